The average Bonchev–Trinajstić information content (AvgIpc) is 2.97. The number of esters is 1. The Morgan fingerprint density at radius 3 is 2.29 bits per heavy atom. The second-order valence-electron chi connectivity index (χ2n) is 17.0. The van der Waals surface area contributed by atoms with Crippen LogP contribution in [0.25, 0.3) is 6.08 Å². The van der Waals surface area contributed by atoms with Gasteiger partial charge in [0.05, 0.1) is 11.5 Å². The van der Waals surface area contributed by atoms with Crippen LogP contribution in [0, 0.1) is 56.7 Å². The van der Waals surface area contributed by atoms with Gasteiger partial charge in [-0.25, -0.2) is 4.79 Å². The zero-order chi connectivity index (χ0) is 32.7. The molecule has 0 spiro atoms. The number of allylic oxidation sites excluding steroid dienone is 2. The van der Waals surface area contributed by atoms with Crippen LogP contribution in [0.3, 0.4) is 0 Å². The molecule has 0 bridgehead atoms. The molecule has 246 valence electrons. The summed E-state index contributed by atoms with van der Waals surface area (Å²) in [6, 6.07) is 6.62. The van der Waals surface area contributed by atoms with Gasteiger partial charge in [0, 0.05) is 11.5 Å². The first-order valence-corrected chi connectivity index (χ1v) is 17.3. The van der Waals surface area contributed by atoms with Crippen LogP contribution in [0.5, 0.6) is 5.75 Å². The number of aliphatic hydroxyl groups excluding tert-OH is 1. The summed E-state index contributed by atoms with van der Waals surface area (Å²) in [7, 11) is 0. The van der Waals surface area contributed by atoms with Gasteiger partial charge in [0.2, 0.25) is 0 Å². The lowest BCUT2D eigenvalue weighted by molar-refractivity contribution is -0.238. The van der Waals surface area contributed by atoms with E-state index in [0.29, 0.717) is 24.2 Å². The third kappa shape index (κ3) is 4.58. The molecular weight excluding hydrogens is 564 g/mol. The van der Waals surface area contributed by atoms with Crippen molar-refractivity contribution in [3.05, 3.63) is 47.6 Å². The summed E-state index contributed by atoms with van der Waals surface area (Å²) in [5.74, 6) is 0.617. The highest BCUT2D eigenvalue weighted by molar-refractivity contribution is 5.87. The Kier molecular flexibility index (Phi) is 7.70. The Labute approximate surface area is 269 Å². The second-order valence-corrected chi connectivity index (χ2v) is 17.0. The molecule has 5 aliphatic carbocycles. The number of aliphatic hydroxyl groups is 1. The fraction of sp³-hybridized carbons (Fsp3) is 0.692. The summed E-state index contributed by atoms with van der Waals surface area (Å²) in [5, 5.41) is 32.0. The van der Waals surface area contributed by atoms with Crippen molar-refractivity contribution in [3.63, 3.8) is 0 Å². The summed E-state index contributed by atoms with van der Waals surface area (Å²) < 4.78 is 6.05. The average molecular weight is 619 g/mol. The van der Waals surface area contributed by atoms with E-state index in [4.69, 9.17) is 4.74 Å². The first-order chi connectivity index (χ1) is 21.0. The maximum Gasteiger partial charge on any atom is 0.331 e. The number of carbonyl (C=O) groups is 2. The van der Waals surface area contributed by atoms with Gasteiger partial charge in [-0.3, -0.25) is 4.79 Å². The molecule has 6 heteroatoms. The highest BCUT2D eigenvalue weighted by Gasteiger charge is 2.70. The second kappa shape index (κ2) is 10.7. The van der Waals surface area contributed by atoms with E-state index >= 15 is 0 Å². The maximum absolute atomic E-state index is 13.0. The number of hydrogen-bond acceptors (Lipinski definition) is 5. The maximum atomic E-state index is 13.0. The lowest BCUT2D eigenvalue weighted by Crippen LogP contribution is -2.67. The van der Waals surface area contributed by atoms with Gasteiger partial charge in [-0.15, -0.1) is 0 Å². The molecule has 1 aromatic carbocycles. The zero-order valence-electron chi connectivity index (χ0n) is 28.3. The van der Waals surface area contributed by atoms with Crippen molar-refractivity contribution in [2.24, 2.45) is 56.7 Å². The van der Waals surface area contributed by atoms with Crippen molar-refractivity contribution < 1.29 is 29.6 Å². The molecule has 5 aliphatic rings. The highest BCUT2D eigenvalue weighted by atomic mass is 16.6. The monoisotopic (exact) mass is 618 g/mol. The number of carbonyl (C=O) groups excluding carboxylic acids is 1. The first kappa shape index (κ1) is 32.3. The molecule has 0 saturated heterocycles. The molecule has 0 radical (unpaired) electrons. The van der Waals surface area contributed by atoms with E-state index in [9.17, 15) is 24.9 Å². The van der Waals surface area contributed by atoms with Crippen LogP contribution >= 0.6 is 0 Å². The van der Waals surface area contributed by atoms with Gasteiger partial charge in [-0.1, -0.05) is 72.2 Å². The van der Waals surface area contributed by atoms with Gasteiger partial charge >= 0.3 is 11.9 Å². The molecule has 4 saturated carbocycles. The van der Waals surface area contributed by atoms with Crippen molar-refractivity contribution in [1.82, 2.24) is 0 Å². The van der Waals surface area contributed by atoms with Gasteiger partial charge in [0.1, 0.15) is 11.9 Å². The SMILES string of the molecule is C[C@H]1[C@H](C)CC[C@@]2(C(=O)O)CC[C@@]3(C)C(=CC[C@H]4[C@]5(C)C[C@@H](O)[C@@H](OC(=O)C=Cc6ccc(O)cc6)C(C)(C)[C@@H]5CC[C@]43C)[C@H]12. The molecule has 4 fully saturated rings. The number of rotatable bonds is 4. The number of carboxylic acid groups (broad SMARTS) is 1. The van der Waals surface area contributed by atoms with Gasteiger partial charge in [-0.05, 0) is 121 Å². The van der Waals surface area contributed by atoms with Gasteiger partial charge in [0.25, 0.3) is 0 Å². The minimum atomic E-state index is -0.780. The number of fused-ring (bicyclic) bond motifs is 7. The van der Waals surface area contributed by atoms with E-state index in [-0.39, 0.29) is 33.8 Å². The third-order valence-corrected chi connectivity index (χ3v) is 14.9. The van der Waals surface area contributed by atoms with Crippen molar-refractivity contribution in [3.8, 4) is 5.75 Å². The fourth-order valence-corrected chi connectivity index (χ4v) is 12.1. The molecule has 3 N–H and O–H groups in total. The van der Waals surface area contributed by atoms with E-state index in [1.165, 1.54) is 11.6 Å². The minimum Gasteiger partial charge on any atom is -0.508 e. The van der Waals surface area contributed by atoms with Crippen LogP contribution in [-0.2, 0) is 14.3 Å². The predicted octanol–water partition coefficient (Wildman–Crippen LogP) is 8.03. The van der Waals surface area contributed by atoms with E-state index in [0.717, 1.165) is 50.5 Å². The number of ether oxygens (including phenoxy) is 1. The Balaban J connectivity index is 1.29. The van der Waals surface area contributed by atoms with E-state index in [1.54, 1.807) is 30.3 Å². The fourth-order valence-electron chi connectivity index (χ4n) is 12.1. The molecule has 1 aromatic rings. The number of phenols is 1. The molecular formula is C39H54O6. The molecule has 11 atom stereocenters. The van der Waals surface area contributed by atoms with Crippen LogP contribution in [0.1, 0.15) is 105 Å². The van der Waals surface area contributed by atoms with Gasteiger partial charge in [0.15, 0.2) is 0 Å². The van der Waals surface area contributed by atoms with E-state index in [1.807, 2.05) is 0 Å². The normalized spacial score (nSPS) is 45.3. The zero-order valence-corrected chi connectivity index (χ0v) is 28.3. The molecule has 6 nitrogen and oxygen atoms in total. The van der Waals surface area contributed by atoms with Crippen molar-refractivity contribution in [2.75, 3.05) is 0 Å². The van der Waals surface area contributed by atoms with Gasteiger partial charge in [-0.2, -0.15) is 0 Å². The number of benzene rings is 1. The summed E-state index contributed by atoms with van der Waals surface area (Å²) >= 11 is 0. The summed E-state index contributed by atoms with van der Waals surface area (Å²) in [4.78, 5) is 26.0. The van der Waals surface area contributed by atoms with Crippen LogP contribution in [0.2, 0.25) is 0 Å². The molecule has 45 heavy (non-hydrogen) atoms. The van der Waals surface area contributed by atoms with Crippen molar-refractivity contribution >= 4 is 18.0 Å². The van der Waals surface area contributed by atoms with E-state index in [2.05, 4.69) is 54.5 Å². The first-order valence-electron chi connectivity index (χ1n) is 17.3. The Morgan fingerprint density at radius 1 is 0.933 bits per heavy atom. The number of phenolic OH excluding ortho intramolecular Hbond substituents is 1. The van der Waals surface area contributed by atoms with Crippen molar-refractivity contribution in [1.29, 1.82) is 0 Å². The van der Waals surface area contributed by atoms with Crippen LogP contribution in [-0.4, -0.2) is 39.5 Å². The van der Waals surface area contributed by atoms with Crippen LogP contribution < -0.4 is 0 Å². The quantitative estimate of drug-likeness (QED) is 0.179. The lowest BCUT2D eigenvalue weighted by Gasteiger charge is -2.71. The summed E-state index contributed by atoms with van der Waals surface area (Å²) in [6.07, 6.45) is 11.1. The molecule has 0 aromatic heterocycles. The van der Waals surface area contributed by atoms with Crippen LogP contribution in [0.4, 0.5) is 0 Å². The minimum absolute atomic E-state index is 0.0143. The summed E-state index contributed by atoms with van der Waals surface area (Å²) in [5.41, 5.74) is 0.857. The molecule has 0 aliphatic heterocycles. The molecule has 0 heterocycles. The third-order valence-electron chi connectivity index (χ3n) is 14.9. The standard InChI is InChI=1S/C39H54O6/c1-23-16-19-39(34(43)44)21-20-37(6)27(32(39)24(23)2)13-14-30-36(5)22-28(41)33(35(3,4)29(36)17-18-38(30,37)7)45-31(42)15-10-25-8-11-26(40)12-9-25/h8-13,15,23-24,28-30,32-33,40-41H,14,16-22H2,1-7H3,(H,43,44)/t23-,24+,28-,29+,30+,32+,33-,36-,37+,38-,39-/m1/s1. The highest BCUT2D eigenvalue weighted by Crippen LogP contribution is 2.75. The molecule has 6 rings (SSSR count). The summed E-state index contributed by atoms with van der Waals surface area (Å²) in [6.45, 7) is 16.2. The predicted molar refractivity (Wildman–Crippen MR) is 175 cm³/mol. The number of aromatic hydroxyl groups is 1. The molecule has 0 amide bonds. The van der Waals surface area contributed by atoms with Crippen LogP contribution in [0.15, 0.2) is 42.0 Å². The number of carboxylic acids is 1. The Bertz CT molecular complexity index is 1410. The smallest absolute Gasteiger partial charge is 0.331 e. The topological polar surface area (TPSA) is 104 Å². The Morgan fingerprint density at radius 2 is 1.62 bits per heavy atom. The number of aliphatic carboxylic acids is 1. The van der Waals surface area contributed by atoms with Crippen molar-refractivity contribution in [2.45, 2.75) is 112 Å². The van der Waals surface area contributed by atoms with Gasteiger partial charge < -0.3 is 20.1 Å². The lowest BCUT2D eigenvalue weighted by atomic mass is 9.33. The molecule has 0 unspecified atom stereocenters. The number of hydrogen-bond donors (Lipinski definition) is 3. The largest absolute Gasteiger partial charge is 0.508 e. The van der Waals surface area contributed by atoms with E-state index < -0.39 is 35.0 Å². The Hall–Kier alpha value is -2.60.